The summed E-state index contributed by atoms with van der Waals surface area (Å²) in [4.78, 5) is 32.7. The van der Waals surface area contributed by atoms with Crippen molar-refractivity contribution in [1.82, 2.24) is 9.97 Å². The predicted molar refractivity (Wildman–Crippen MR) is 114 cm³/mol. The summed E-state index contributed by atoms with van der Waals surface area (Å²) in [7, 11) is 3.12. The summed E-state index contributed by atoms with van der Waals surface area (Å²) >= 11 is 1.25. The number of amides is 1. The van der Waals surface area contributed by atoms with Gasteiger partial charge in [0.15, 0.2) is 35.2 Å². The number of aromatic nitrogens is 2. The largest absolute Gasteiger partial charge is 0.493 e. The van der Waals surface area contributed by atoms with E-state index in [1.165, 1.54) is 23.8 Å². The fourth-order valence-corrected chi connectivity index (χ4v) is 3.55. The number of anilines is 1. The van der Waals surface area contributed by atoms with E-state index in [-0.39, 0.29) is 5.56 Å². The molecule has 10 heteroatoms. The molecule has 0 fully saturated rings. The number of carbonyl (C=O) groups excluding carboxylic acids is 2. The number of hydrogen-bond donors (Lipinski definition) is 1. The van der Waals surface area contributed by atoms with E-state index in [4.69, 9.17) is 18.6 Å². The molecule has 31 heavy (non-hydrogen) atoms. The van der Waals surface area contributed by atoms with Gasteiger partial charge in [0.05, 0.1) is 25.5 Å². The number of carbonyl (C=O) groups is 2. The smallest absolute Gasteiger partial charge is 0.338 e. The minimum atomic E-state index is -0.634. The van der Waals surface area contributed by atoms with Crippen molar-refractivity contribution in [2.24, 2.45) is 0 Å². The Morgan fingerprint density at radius 1 is 1.10 bits per heavy atom. The first-order valence-corrected chi connectivity index (χ1v) is 9.93. The van der Waals surface area contributed by atoms with Gasteiger partial charge in [0.2, 0.25) is 0 Å². The highest BCUT2D eigenvalue weighted by molar-refractivity contribution is 7.14. The number of rotatable bonds is 7. The fourth-order valence-electron chi connectivity index (χ4n) is 2.81. The van der Waals surface area contributed by atoms with E-state index in [1.54, 1.807) is 43.9 Å². The Labute approximate surface area is 180 Å². The Bertz CT molecular complexity index is 1250. The zero-order chi connectivity index (χ0) is 21.8. The molecular weight excluding hydrogens is 422 g/mol. The fraction of sp³-hybridized carbons (Fsp3) is 0.143. The maximum atomic E-state index is 12.2. The van der Waals surface area contributed by atoms with Gasteiger partial charge in [-0.3, -0.25) is 10.1 Å². The van der Waals surface area contributed by atoms with E-state index in [9.17, 15) is 9.59 Å². The van der Waals surface area contributed by atoms with Crippen molar-refractivity contribution in [2.75, 3.05) is 26.1 Å². The van der Waals surface area contributed by atoms with Crippen LogP contribution < -0.4 is 14.8 Å². The Hall–Kier alpha value is -3.92. The molecule has 158 valence electrons. The molecule has 1 N–H and O–H groups in total. The van der Waals surface area contributed by atoms with Crippen molar-refractivity contribution in [3.05, 3.63) is 53.7 Å². The van der Waals surface area contributed by atoms with Crippen LogP contribution in [0.5, 0.6) is 11.5 Å². The Kier molecular flexibility index (Phi) is 5.80. The second-order valence-electron chi connectivity index (χ2n) is 6.27. The third kappa shape index (κ3) is 4.48. The van der Waals surface area contributed by atoms with Crippen molar-refractivity contribution in [1.29, 1.82) is 0 Å². The summed E-state index contributed by atoms with van der Waals surface area (Å²) in [6, 6.07) is 10.1. The van der Waals surface area contributed by atoms with Gasteiger partial charge < -0.3 is 18.6 Å². The van der Waals surface area contributed by atoms with Gasteiger partial charge in [0.1, 0.15) is 5.52 Å². The summed E-state index contributed by atoms with van der Waals surface area (Å²) in [6.07, 6.45) is 1.29. The molecule has 4 aromatic rings. The number of benzene rings is 2. The SMILES string of the molecule is COc1ccc(-c2csc(NC(=O)COC(=O)c3ccc4ocnc4c3)n2)cc1OC. The molecule has 0 aliphatic carbocycles. The predicted octanol–water partition coefficient (Wildman–Crippen LogP) is 3.76. The molecule has 9 nitrogen and oxygen atoms in total. The van der Waals surface area contributed by atoms with E-state index in [2.05, 4.69) is 15.3 Å². The lowest BCUT2D eigenvalue weighted by Gasteiger charge is -2.08. The maximum absolute atomic E-state index is 12.2. The molecule has 2 heterocycles. The first kappa shape index (κ1) is 20.4. The molecule has 0 spiro atoms. The average molecular weight is 439 g/mol. The number of thiazole rings is 1. The van der Waals surface area contributed by atoms with Crippen molar-refractivity contribution in [2.45, 2.75) is 0 Å². The topological polar surface area (TPSA) is 113 Å². The van der Waals surface area contributed by atoms with Crippen LogP contribution in [0.25, 0.3) is 22.4 Å². The second-order valence-corrected chi connectivity index (χ2v) is 7.12. The molecule has 0 unspecified atom stereocenters. The highest BCUT2D eigenvalue weighted by Gasteiger charge is 2.14. The van der Waals surface area contributed by atoms with Crippen LogP contribution in [0.1, 0.15) is 10.4 Å². The van der Waals surface area contributed by atoms with Gasteiger partial charge >= 0.3 is 5.97 Å². The summed E-state index contributed by atoms with van der Waals surface area (Å²) in [5.41, 5.74) is 2.84. The van der Waals surface area contributed by atoms with E-state index in [0.717, 1.165) is 5.56 Å². The van der Waals surface area contributed by atoms with Gasteiger partial charge in [-0.2, -0.15) is 0 Å². The van der Waals surface area contributed by atoms with E-state index in [0.29, 0.717) is 33.4 Å². The number of methoxy groups -OCH3 is 2. The average Bonchev–Trinajstić information content (AvgIpc) is 3.45. The monoisotopic (exact) mass is 439 g/mol. The second kappa shape index (κ2) is 8.84. The quantitative estimate of drug-likeness (QED) is 0.433. The Morgan fingerprint density at radius 3 is 2.74 bits per heavy atom. The molecule has 4 rings (SSSR count). The maximum Gasteiger partial charge on any atom is 0.338 e. The molecule has 0 aliphatic heterocycles. The van der Waals surface area contributed by atoms with Gasteiger partial charge in [-0.1, -0.05) is 0 Å². The van der Waals surface area contributed by atoms with E-state index in [1.807, 2.05) is 6.07 Å². The lowest BCUT2D eigenvalue weighted by atomic mass is 10.1. The number of fused-ring (bicyclic) bond motifs is 1. The van der Waals surface area contributed by atoms with Crippen LogP contribution in [0.4, 0.5) is 5.13 Å². The molecule has 0 bridgehead atoms. The van der Waals surface area contributed by atoms with Crippen LogP contribution >= 0.6 is 11.3 Å². The number of nitrogens with one attached hydrogen (secondary N) is 1. The van der Waals surface area contributed by atoms with Crippen LogP contribution in [0, 0.1) is 0 Å². The van der Waals surface area contributed by atoms with E-state index >= 15 is 0 Å². The highest BCUT2D eigenvalue weighted by atomic mass is 32.1. The van der Waals surface area contributed by atoms with Crippen molar-refractivity contribution in [3.8, 4) is 22.8 Å². The van der Waals surface area contributed by atoms with Crippen LogP contribution in [-0.2, 0) is 9.53 Å². The summed E-state index contributed by atoms with van der Waals surface area (Å²) in [5.74, 6) is 0.0584. The highest BCUT2D eigenvalue weighted by Crippen LogP contribution is 2.33. The molecule has 2 aromatic carbocycles. The number of oxazole rings is 1. The van der Waals surface area contributed by atoms with Crippen LogP contribution in [0.3, 0.4) is 0 Å². The number of hydrogen-bond acceptors (Lipinski definition) is 9. The molecule has 0 aliphatic rings. The zero-order valence-electron chi connectivity index (χ0n) is 16.6. The van der Waals surface area contributed by atoms with Crippen LogP contribution in [0.15, 0.2) is 52.6 Å². The van der Waals surface area contributed by atoms with Gasteiger partial charge in [0, 0.05) is 10.9 Å². The third-order valence-electron chi connectivity index (χ3n) is 4.33. The Morgan fingerprint density at radius 2 is 1.94 bits per heavy atom. The molecule has 0 atom stereocenters. The van der Waals surface area contributed by atoms with Gasteiger partial charge in [0.25, 0.3) is 5.91 Å². The Balaban J connectivity index is 1.36. The normalized spacial score (nSPS) is 10.6. The minimum absolute atomic E-state index is 0.277. The zero-order valence-corrected chi connectivity index (χ0v) is 17.4. The van der Waals surface area contributed by atoms with Gasteiger partial charge in [-0.05, 0) is 36.4 Å². The lowest BCUT2D eigenvalue weighted by Crippen LogP contribution is -2.20. The van der Waals surface area contributed by atoms with Crippen molar-refractivity contribution >= 4 is 39.4 Å². The molecule has 0 radical (unpaired) electrons. The standard InChI is InChI=1S/C21H17N3O6S/c1-27-17-6-3-12(8-18(17)28-2)15-10-31-21(23-15)24-19(25)9-29-20(26)13-4-5-16-14(7-13)22-11-30-16/h3-8,10-11H,9H2,1-2H3,(H,23,24,25). The summed E-state index contributed by atoms with van der Waals surface area (Å²) < 4.78 is 20.7. The van der Waals surface area contributed by atoms with Crippen LogP contribution in [-0.4, -0.2) is 42.7 Å². The first-order chi connectivity index (χ1) is 15.1. The molecule has 0 saturated heterocycles. The van der Waals surface area contributed by atoms with Crippen LogP contribution in [0.2, 0.25) is 0 Å². The van der Waals surface area contributed by atoms with Gasteiger partial charge in [-0.15, -0.1) is 11.3 Å². The number of nitrogens with zero attached hydrogens (tertiary/aromatic N) is 2. The number of esters is 1. The lowest BCUT2D eigenvalue weighted by molar-refractivity contribution is -0.119. The molecular formula is C21H17N3O6S. The third-order valence-corrected chi connectivity index (χ3v) is 5.09. The van der Waals surface area contributed by atoms with Crippen molar-refractivity contribution < 1.29 is 28.2 Å². The molecule has 2 aromatic heterocycles. The summed E-state index contributed by atoms with van der Waals surface area (Å²) in [6.45, 7) is -0.443. The number of ether oxygens (including phenoxy) is 3. The molecule has 0 saturated carbocycles. The van der Waals surface area contributed by atoms with E-state index < -0.39 is 18.5 Å². The first-order valence-electron chi connectivity index (χ1n) is 9.05. The minimum Gasteiger partial charge on any atom is -0.493 e. The van der Waals surface area contributed by atoms with Crippen molar-refractivity contribution in [3.63, 3.8) is 0 Å². The van der Waals surface area contributed by atoms with Gasteiger partial charge in [-0.25, -0.2) is 14.8 Å². The summed E-state index contributed by atoms with van der Waals surface area (Å²) in [5, 5.41) is 4.81. The molecule has 1 amide bonds.